The number of aromatic hydroxyl groups is 1. The minimum Gasteiger partial charge on any atom is -0.508 e. The van der Waals surface area contributed by atoms with Crippen LogP contribution in [0, 0.1) is 22.2 Å². The van der Waals surface area contributed by atoms with Gasteiger partial charge in [-0.15, -0.1) is 0 Å². The second kappa shape index (κ2) is 11.7. The highest BCUT2D eigenvalue weighted by Crippen LogP contribution is 2.66. The van der Waals surface area contributed by atoms with Gasteiger partial charge in [0.05, 0.1) is 17.4 Å². The first-order valence-electron chi connectivity index (χ1n) is 17.9. The lowest BCUT2D eigenvalue weighted by molar-refractivity contribution is -0.157. The summed E-state index contributed by atoms with van der Waals surface area (Å²) in [6.07, 6.45) is 8.66. The Morgan fingerprint density at radius 1 is 0.830 bits per heavy atom. The molecule has 0 heterocycles. The largest absolute Gasteiger partial charge is 0.508 e. The lowest BCUT2D eigenvalue weighted by Crippen LogP contribution is -2.64. The number of amides is 3. The fourth-order valence-electron chi connectivity index (χ4n) is 10.7. The van der Waals surface area contributed by atoms with Gasteiger partial charge in [-0.2, -0.15) is 0 Å². The van der Waals surface area contributed by atoms with Gasteiger partial charge in [0.1, 0.15) is 5.75 Å². The average Bonchev–Trinajstić information content (AvgIpc) is 3.01. The van der Waals surface area contributed by atoms with Gasteiger partial charge in [-0.3, -0.25) is 19.7 Å². The molecule has 7 heteroatoms. The van der Waals surface area contributed by atoms with E-state index < -0.39 is 10.8 Å². The third-order valence-electron chi connectivity index (χ3n) is 13.9. The van der Waals surface area contributed by atoms with E-state index in [1.54, 1.807) is 6.07 Å². The number of nitrogens with one attached hydrogen (secondary N) is 3. The summed E-state index contributed by atoms with van der Waals surface area (Å²) in [5.41, 5.74) is 3.35. The van der Waals surface area contributed by atoms with Gasteiger partial charge in [-0.1, -0.05) is 73.4 Å². The van der Waals surface area contributed by atoms with Crippen molar-refractivity contribution < 1.29 is 19.5 Å². The zero-order valence-electron chi connectivity index (χ0n) is 29.6. The first-order valence-corrected chi connectivity index (χ1v) is 17.9. The number of rotatable bonds is 6. The molecule has 2 saturated carbocycles. The number of phenols is 1. The number of benzene rings is 2. The van der Waals surface area contributed by atoms with E-state index in [9.17, 15) is 19.5 Å². The summed E-state index contributed by atoms with van der Waals surface area (Å²) in [5.74, 6) is -0.0110. The van der Waals surface area contributed by atoms with E-state index >= 15 is 0 Å². The van der Waals surface area contributed by atoms with Crippen LogP contribution in [0.3, 0.4) is 0 Å². The van der Waals surface area contributed by atoms with Crippen molar-refractivity contribution in [3.05, 3.63) is 58.7 Å². The molecule has 7 nitrogen and oxygen atoms in total. The fourth-order valence-corrected chi connectivity index (χ4v) is 10.7. The van der Waals surface area contributed by atoms with Gasteiger partial charge in [0.25, 0.3) is 0 Å². The van der Waals surface area contributed by atoms with Gasteiger partial charge in [0.15, 0.2) is 0 Å². The van der Waals surface area contributed by atoms with Crippen molar-refractivity contribution in [1.82, 2.24) is 10.6 Å². The highest BCUT2D eigenvalue weighted by molar-refractivity contribution is 6.01. The summed E-state index contributed by atoms with van der Waals surface area (Å²) in [6.45, 7) is 15.3. The van der Waals surface area contributed by atoms with Crippen LogP contribution in [0.2, 0.25) is 0 Å². The Labute approximate surface area is 281 Å². The van der Waals surface area contributed by atoms with E-state index in [1.165, 1.54) is 16.7 Å². The molecule has 6 rings (SSSR count). The van der Waals surface area contributed by atoms with Crippen molar-refractivity contribution in [3.8, 4) is 5.75 Å². The normalized spacial score (nSPS) is 34.3. The van der Waals surface area contributed by atoms with E-state index in [-0.39, 0.29) is 58.2 Å². The Bertz CT molecular complexity index is 1600. The van der Waals surface area contributed by atoms with Crippen LogP contribution in [0.25, 0.3) is 0 Å². The van der Waals surface area contributed by atoms with Crippen LogP contribution in [0.1, 0.15) is 122 Å². The van der Waals surface area contributed by atoms with Crippen molar-refractivity contribution in [2.75, 3.05) is 11.9 Å². The highest BCUT2D eigenvalue weighted by atomic mass is 16.3. The van der Waals surface area contributed by atoms with Gasteiger partial charge in [-0.25, -0.2) is 0 Å². The maximum atomic E-state index is 14.6. The smallest absolute Gasteiger partial charge is 0.238 e. The Morgan fingerprint density at radius 3 is 2.28 bits per heavy atom. The quantitative estimate of drug-likeness (QED) is 0.252. The molecule has 4 N–H and O–H groups in total. The van der Waals surface area contributed by atoms with Crippen LogP contribution < -0.4 is 16.0 Å². The summed E-state index contributed by atoms with van der Waals surface area (Å²) in [6, 6.07) is 12.2. The predicted octanol–water partition coefficient (Wildman–Crippen LogP) is 7.08. The number of aryl methyl sites for hydroxylation is 2. The molecule has 0 aliphatic heterocycles. The molecule has 47 heavy (non-hydrogen) atoms. The van der Waals surface area contributed by atoms with E-state index in [2.05, 4.69) is 62.7 Å². The molecule has 2 aromatic carbocycles. The fraction of sp³-hybridized carbons (Fsp3) is 0.625. The molecule has 2 fully saturated rings. The van der Waals surface area contributed by atoms with Gasteiger partial charge in [0.2, 0.25) is 17.7 Å². The predicted molar refractivity (Wildman–Crippen MR) is 186 cm³/mol. The van der Waals surface area contributed by atoms with Crippen molar-refractivity contribution >= 4 is 23.4 Å². The second-order valence-electron chi connectivity index (χ2n) is 16.7. The number of phenolic OH excluding ortho intramolecular Hbond substituents is 1. The van der Waals surface area contributed by atoms with Crippen LogP contribution in [-0.2, 0) is 38.1 Å². The molecule has 3 amide bonds. The van der Waals surface area contributed by atoms with Gasteiger partial charge >= 0.3 is 0 Å². The Kier molecular flexibility index (Phi) is 8.42. The maximum absolute atomic E-state index is 14.6. The van der Waals surface area contributed by atoms with Crippen molar-refractivity contribution in [2.24, 2.45) is 22.2 Å². The van der Waals surface area contributed by atoms with Crippen LogP contribution in [0.5, 0.6) is 5.75 Å². The first-order chi connectivity index (χ1) is 22.1. The second-order valence-corrected chi connectivity index (χ2v) is 16.7. The third-order valence-corrected chi connectivity index (χ3v) is 13.9. The van der Waals surface area contributed by atoms with Crippen molar-refractivity contribution in [2.45, 2.75) is 130 Å². The highest BCUT2D eigenvalue weighted by Gasteiger charge is 2.64. The summed E-state index contributed by atoms with van der Waals surface area (Å²) >= 11 is 0. The summed E-state index contributed by atoms with van der Waals surface area (Å²) in [4.78, 5) is 41.7. The Hall–Kier alpha value is -3.19. The molecule has 4 aliphatic carbocycles. The minimum atomic E-state index is -0.743. The molecule has 6 atom stereocenters. The summed E-state index contributed by atoms with van der Waals surface area (Å²) in [7, 11) is 0. The van der Waals surface area contributed by atoms with Crippen LogP contribution in [0.15, 0.2) is 36.4 Å². The van der Waals surface area contributed by atoms with Crippen LogP contribution in [-0.4, -0.2) is 35.4 Å². The Morgan fingerprint density at radius 2 is 1.53 bits per heavy atom. The molecule has 0 spiro atoms. The standard InChI is InChI=1S/C40H55N3O4/c1-25(2)41-24-33(45)42-28-13-10-27-16-21-40(7)38(5,31(27)22-28)19-9-20-39(40,6)35(47)43-34(46)37(4)18-8-17-36(3)30-23-29(44)14-11-26(30)12-15-32(36)37/h10-11,13-14,22-23,25,32,41,44H,8-9,12,15-21,24H2,1-7H3,(H,42,45)(H,43,46,47)/t32-,36-,37+,38-,39-,40-/m1/s1. The number of carbonyl (C=O) groups excluding carboxylic acids is 3. The zero-order valence-corrected chi connectivity index (χ0v) is 29.6. The SMILES string of the molecule is CC(C)NCC(=O)Nc1ccc2c(c1)[C@@]1(C)CCC[C@](C)(C(=O)NC(=O)[C@@]3(C)CCC[C@]4(C)c5cc(O)ccc5CC[C@@H]34)[C@]1(C)CC2. The molecule has 0 unspecified atom stereocenters. The average molecular weight is 642 g/mol. The molecular formula is C40H55N3O4. The molecule has 0 radical (unpaired) electrons. The monoisotopic (exact) mass is 641 g/mol. The van der Waals surface area contributed by atoms with Crippen molar-refractivity contribution in [3.63, 3.8) is 0 Å². The molecule has 254 valence electrons. The summed E-state index contributed by atoms with van der Waals surface area (Å²) < 4.78 is 0. The topological polar surface area (TPSA) is 108 Å². The molecule has 4 aliphatic rings. The zero-order chi connectivity index (χ0) is 34.0. The van der Waals surface area contributed by atoms with Gasteiger partial charge < -0.3 is 15.7 Å². The number of fused-ring (bicyclic) bond motifs is 6. The molecule has 0 aromatic heterocycles. The van der Waals surface area contributed by atoms with E-state index in [0.717, 1.165) is 75.5 Å². The number of carbonyl (C=O) groups is 3. The third kappa shape index (κ3) is 5.23. The number of hydrogen-bond acceptors (Lipinski definition) is 5. The number of hydrogen-bond donors (Lipinski definition) is 4. The Balaban J connectivity index is 1.26. The molecule has 0 saturated heterocycles. The summed E-state index contributed by atoms with van der Waals surface area (Å²) in [5, 5.41) is 19.7. The lowest BCUT2D eigenvalue weighted by Gasteiger charge is -2.62. The molecule has 0 bridgehead atoms. The number of imide groups is 1. The van der Waals surface area contributed by atoms with Gasteiger partial charge in [-0.05, 0) is 120 Å². The molecular weight excluding hydrogens is 586 g/mol. The van der Waals surface area contributed by atoms with Gasteiger partial charge in [0, 0.05) is 11.7 Å². The molecule has 2 aromatic rings. The number of anilines is 1. The first kappa shape index (κ1) is 33.7. The van der Waals surface area contributed by atoms with Crippen molar-refractivity contribution in [1.29, 1.82) is 0 Å². The van der Waals surface area contributed by atoms with E-state index in [0.29, 0.717) is 0 Å². The van der Waals surface area contributed by atoms with E-state index in [1.807, 2.05) is 32.0 Å². The van der Waals surface area contributed by atoms with E-state index in [4.69, 9.17) is 0 Å². The minimum absolute atomic E-state index is 0.0701. The van der Waals surface area contributed by atoms with Crippen LogP contribution in [0.4, 0.5) is 5.69 Å². The van der Waals surface area contributed by atoms with Crippen LogP contribution >= 0.6 is 0 Å². The lowest BCUT2D eigenvalue weighted by atomic mass is 9.41. The maximum Gasteiger partial charge on any atom is 0.238 e.